The molecule has 1 N–H and O–H groups in total. The van der Waals surface area contributed by atoms with E-state index in [1.165, 1.54) is 11.8 Å². The van der Waals surface area contributed by atoms with Crippen LogP contribution in [0, 0.1) is 6.92 Å². The van der Waals surface area contributed by atoms with E-state index >= 15 is 0 Å². The van der Waals surface area contributed by atoms with E-state index < -0.39 is 6.04 Å². The van der Waals surface area contributed by atoms with Crippen LogP contribution in [0.2, 0.25) is 10.0 Å². The molecule has 0 fully saturated rings. The van der Waals surface area contributed by atoms with E-state index in [0.717, 1.165) is 23.1 Å². The number of benzene rings is 2. The predicted molar refractivity (Wildman–Crippen MR) is 136 cm³/mol. The number of thioether (sulfide) groups is 1. The lowest BCUT2D eigenvalue weighted by Crippen LogP contribution is -2.51. The molecule has 32 heavy (non-hydrogen) atoms. The van der Waals surface area contributed by atoms with Crippen molar-refractivity contribution in [1.82, 2.24) is 10.2 Å². The van der Waals surface area contributed by atoms with Crippen molar-refractivity contribution in [2.24, 2.45) is 0 Å². The van der Waals surface area contributed by atoms with Gasteiger partial charge in [-0.2, -0.15) is 0 Å². The number of carbonyl (C=O) groups is 2. The molecule has 0 heterocycles. The summed E-state index contributed by atoms with van der Waals surface area (Å²) in [4.78, 5) is 28.0. The molecule has 4 nitrogen and oxygen atoms in total. The molecule has 0 unspecified atom stereocenters. The standard InChI is InChI=1S/C25H32Cl2N2O2S/c1-5-18(4)28-25(31)23(6-2)29(14-19-9-7-8-17(3)12-19)24(30)16-32-15-20-10-11-21(26)13-22(20)27/h7-13,18,23H,5-6,14-16H2,1-4H3,(H,28,31)/t18-,23-/m0/s1. The first-order valence-corrected chi connectivity index (χ1v) is 12.8. The van der Waals surface area contributed by atoms with Crippen LogP contribution in [-0.4, -0.2) is 34.6 Å². The average Bonchev–Trinajstić information content (AvgIpc) is 2.74. The Balaban J connectivity index is 2.15. The molecule has 7 heteroatoms. The van der Waals surface area contributed by atoms with Crippen molar-refractivity contribution in [2.45, 2.75) is 64.9 Å². The lowest BCUT2D eigenvalue weighted by atomic mass is 10.1. The summed E-state index contributed by atoms with van der Waals surface area (Å²) in [5.41, 5.74) is 3.07. The Labute approximate surface area is 206 Å². The number of nitrogens with one attached hydrogen (secondary N) is 1. The van der Waals surface area contributed by atoms with Crippen molar-refractivity contribution >= 4 is 46.8 Å². The third kappa shape index (κ3) is 8.02. The first-order valence-electron chi connectivity index (χ1n) is 10.9. The molecule has 0 radical (unpaired) electrons. The fourth-order valence-corrected chi connectivity index (χ4v) is 4.81. The van der Waals surface area contributed by atoms with Gasteiger partial charge >= 0.3 is 0 Å². The fraction of sp³-hybridized carbons (Fsp3) is 0.440. The molecular weight excluding hydrogens is 463 g/mol. The van der Waals surface area contributed by atoms with Crippen molar-refractivity contribution in [1.29, 1.82) is 0 Å². The summed E-state index contributed by atoms with van der Waals surface area (Å²) in [6.07, 6.45) is 1.39. The van der Waals surface area contributed by atoms with Gasteiger partial charge in [0, 0.05) is 28.4 Å². The van der Waals surface area contributed by atoms with Crippen molar-refractivity contribution in [3.63, 3.8) is 0 Å². The molecule has 0 aliphatic carbocycles. The Kier molecular flexibility index (Phi) is 10.9. The maximum Gasteiger partial charge on any atom is 0.243 e. The Hall–Kier alpha value is -1.69. The van der Waals surface area contributed by atoms with Gasteiger partial charge in [0.25, 0.3) is 0 Å². The smallest absolute Gasteiger partial charge is 0.243 e. The Morgan fingerprint density at radius 2 is 1.84 bits per heavy atom. The van der Waals surface area contributed by atoms with Gasteiger partial charge in [-0.05, 0) is 49.9 Å². The Morgan fingerprint density at radius 3 is 2.47 bits per heavy atom. The summed E-state index contributed by atoms with van der Waals surface area (Å²) in [6.45, 7) is 8.37. The zero-order chi connectivity index (χ0) is 23.7. The van der Waals surface area contributed by atoms with E-state index in [2.05, 4.69) is 11.4 Å². The zero-order valence-electron chi connectivity index (χ0n) is 19.2. The monoisotopic (exact) mass is 494 g/mol. The van der Waals surface area contributed by atoms with E-state index in [4.69, 9.17) is 23.2 Å². The van der Waals surface area contributed by atoms with E-state index in [-0.39, 0.29) is 23.6 Å². The van der Waals surface area contributed by atoms with Crippen LogP contribution >= 0.6 is 35.0 Å². The summed E-state index contributed by atoms with van der Waals surface area (Å²) in [7, 11) is 0. The molecule has 0 bridgehead atoms. The van der Waals surface area contributed by atoms with Gasteiger partial charge in [0.2, 0.25) is 11.8 Å². The number of hydrogen-bond acceptors (Lipinski definition) is 3. The maximum absolute atomic E-state index is 13.3. The quantitative estimate of drug-likeness (QED) is 0.401. The second kappa shape index (κ2) is 13.1. The van der Waals surface area contributed by atoms with Gasteiger partial charge in [-0.3, -0.25) is 9.59 Å². The zero-order valence-corrected chi connectivity index (χ0v) is 21.5. The molecule has 2 rings (SSSR count). The van der Waals surface area contributed by atoms with Crippen LogP contribution in [0.3, 0.4) is 0 Å². The van der Waals surface area contributed by atoms with E-state index in [0.29, 0.717) is 28.8 Å². The summed E-state index contributed by atoms with van der Waals surface area (Å²) in [5.74, 6) is 0.690. The molecular formula is C25H32Cl2N2O2S. The third-order valence-corrected chi connectivity index (χ3v) is 6.87. The molecule has 2 aromatic carbocycles. The topological polar surface area (TPSA) is 49.4 Å². The molecule has 0 aliphatic rings. The molecule has 2 amide bonds. The Bertz CT molecular complexity index is 923. The van der Waals surface area contributed by atoms with E-state index in [1.807, 2.05) is 52.0 Å². The van der Waals surface area contributed by atoms with Crippen LogP contribution < -0.4 is 5.32 Å². The van der Waals surface area contributed by atoms with Crippen molar-refractivity contribution in [2.75, 3.05) is 5.75 Å². The second-order valence-corrected chi connectivity index (χ2v) is 9.81. The lowest BCUT2D eigenvalue weighted by molar-refractivity contribution is -0.139. The summed E-state index contributed by atoms with van der Waals surface area (Å²) >= 11 is 13.7. The second-order valence-electron chi connectivity index (χ2n) is 7.98. The number of amides is 2. The van der Waals surface area contributed by atoms with Gasteiger partial charge < -0.3 is 10.2 Å². The van der Waals surface area contributed by atoms with Crippen LogP contribution in [0.4, 0.5) is 0 Å². The molecule has 2 atom stereocenters. The van der Waals surface area contributed by atoms with Gasteiger partial charge in [0.05, 0.1) is 5.75 Å². The van der Waals surface area contributed by atoms with Gasteiger partial charge in [0.1, 0.15) is 6.04 Å². The van der Waals surface area contributed by atoms with Gasteiger partial charge in [-0.1, -0.05) is 72.9 Å². The number of rotatable bonds is 11. The van der Waals surface area contributed by atoms with Crippen LogP contribution in [0.25, 0.3) is 0 Å². The highest BCUT2D eigenvalue weighted by Gasteiger charge is 2.29. The fourth-order valence-electron chi connectivity index (χ4n) is 3.34. The maximum atomic E-state index is 13.3. The molecule has 0 saturated heterocycles. The van der Waals surface area contributed by atoms with E-state index in [1.54, 1.807) is 17.0 Å². The number of nitrogens with zero attached hydrogens (tertiary/aromatic N) is 1. The average molecular weight is 496 g/mol. The largest absolute Gasteiger partial charge is 0.352 e. The van der Waals surface area contributed by atoms with Gasteiger partial charge in [0.15, 0.2) is 0 Å². The van der Waals surface area contributed by atoms with Crippen LogP contribution in [0.1, 0.15) is 50.3 Å². The number of hydrogen-bond donors (Lipinski definition) is 1. The molecule has 0 spiro atoms. The first-order chi connectivity index (χ1) is 15.2. The first kappa shape index (κ1) is 26.6. The highest BCUT2D eigenvalue weighted by atomic mass is 35.5. The summed E-state index contributed by atoms with van der Waals surface area (Å²) < 4.78 is 0. The minimum atomic E-state index is -0.517. The lowest BCUT2D eigenvalue weighted by Gasteiger charge is -2.31. The molecule has 174 valence electrons. The number of carbonyl (C=O) groups excluding carboxylic acids is 2. The predicted octanol–water partition coefficient (Wildman–Crippen LogP) is 6.26. The number of aryl methyl sites for hydroxylation is 1. The minimum absolute atomic E-state index is 0.0623. The van der Waals surface area contributed by atoms with E-state index in [9.17, 15) is 9.59 Å². The van der Waals surface area contributed by atoms with Gasteiger partial charge in [-0.15, -0.1) is 11.8 Å². The molecule has 0 saturated carbocycles. The normalized spacial score (nSPS) is 12.8. The molecule has 2 aromatic rings. The van der Waals surface area contributed by atoms with Crippen molar-refractivity contribution < 1.29 is 9.59 Å². The van der Waals surface area contributed by atoms with Crippen LogP contribution in [0.15, 0.2) is 42.5 Å². The molecule has 0 aromatic heterocycles. The molecule has 0 aliphatic heterocycles. The highest BCUT2D eigenvalue weighted by molar-refractivity contribution is 7.99. The summed E-state index contributed by atoms with van der Waals surface area (Å²) in [6, 6.07) is 13.0. The van der Waals surface area contributed by atoms with Crippen molar-refractivity contribution in [3.05, 3.63) is 69.2 Å². The number of halogens is 2. The van der Waals surface area contributed by atoms with Crippen molar-refractivity contribution in [3.8, 4) is 0 Å². The highest BCUT2D eigenvalue weighted by Crippen LogP contribution is 2.25. The van der Waals surface area contributed by atoms with Gasteiger partial charge in [-0.25, -0.2) is 0 Å². The third-order valence-electron chi connectivity index (χ3n) is 5.32. The Morgan fingerprint density at radius 1 is 1.09 bits per heavy atom. The SMILES string of the molecule is CC[C@H](C)NC(=O)[C@H](CC)N(Cc1cccc(C)c1)C(=O)CSCc1ccc(Cl)cc1Cl. The van der Waals surface area contributed by atoms with Crippen LogP contribution in [-0.2, 0) is 21.9 Å². The minimum Gasteiger partial charge on any atom is -0.352 e. The van der Waals surface area contributed by atoms with Crippen LogP contribution in [0.5, 0.6) is 0 Å². The summed E-state index contributed by atoms with van der Waals surface area (Å²) in [5, 5.41) is 4.21.